The smallest absolute Gasteiger partial charge is 0.286 e. The Morgan fingerprint density at radius 1 is 1.10 bits per heavy atom. The zero-order valence-electron chi connectivity index (χ0n) is 16.2. The number of nitro groups is 1. The number of benzene rings is 2. The summed E-state index contributed by atoms with van der Waals surface area (Å²) in [5.41, 5.74) is 4.46. The number of carbonyl (C=O) groups is 2. The molecule has 2 aromatic rings. The van der Waals surface area contributed by atoms with Crippen LogP contribution in [0.15, 0.2) is 36.4 Å². The largest absolute Gasteiger partial charge is 0.493 e. The summed E-state index contributed by atoms with van der Waals surface area (Å²) in [7, 11) is 1.33. The van der Waals surface area contributed by atoms with Gasteiger partial charge in [-0.3, -0.25) is 30.6 Å². The van der Waals surface area contributed by atoms with E-state index in [0.29, 0.717) is 5.75 Å². The lowest BCUT2D eigenvalue weighted by atomic mass is 10.1. The second-order valence-corrected chi connectivity index (χ2v) is 5.82. The van der Waals surface area contributed by atoms with Gasteiger partial charge in [-0.2, -0.15) is 0 Å². The lowest BCUT2D eigenvalue weighted by Gasteiger charge is -2.12. The van der Waals surface area contributed by atoms with E-state index in [2.05, 4.69) is 10.9 Å². The molecular formula is C19H21N3O7. The van der Waals surface area contributed by atoms with Crippen molar-refractivity contribution in [2.45, 2.75) is 13.8 Å². The van der Waals surface area contributed by atoms with Crippen molar-refractivity contribution < 1.29 is 28.7 Å². The molecule has 0 fully saturated rings. The Bertz CT molecular complexity index is 915. The number of nitro benzene ring substituents is 1. The Morgan fingerprint density at radius 3 is 2.48 bits per heavy atom. The van der Waals surface area contributed by atoms with Crippen LogP contribution >= 0.6 is 0 Å². The summed E-state index contributed by atoms with van der Waals surface area (Å²) in [4.78, 5) is 34.9. The number of nitrogens with zero attached hydrogens (tertiary/aromatic N) is 1. The molecule has 0 aliphatic heterocycles. The lowest BCUT2D eigenvalue weighted by Crippen LogP contribution is -2.44. The number of carbonyl (C=O) groups excluding carboxylic acids is 2. The lowest BCUT2D eigenvalue weighted by molar-refractivity contribution is -0.385. The van der Waals surface area contributed by atoms with Gasteiger partial charge in [-0.1, -0.05) is 12.1 Å². The quantitative estimate of drug-likeness (QED) is 0.510. The monoisotopic (exact) mass is 403 g/mol. The molecule has 0 radical (unpaired) electrons. The maximum atomic E-state index is 12.4. The maximum Gasteiger partial charge on any atom is 0.286 e. The van der Waals surface area contributed by atoms with Gasteiger partial charge < -0.3 is 14.2 Å². The number of nitrogens with one attached hydrogen (secondary N) is 2. The van der Waals surface area contributed by atoms with E-state index >= 15 is 0 Å². The van der Waals surface area contributed by atoms with Gasteiger partial charge in [0.25, 0.3) is 17.5 Å². The minimum absolute atomic E-state index is 0.116. The first-order valence-electron chi connectivity index (χ1n) is 8.63. The molecule has 0 aliphatic carbocycles. The summed E-state index contributed by atoms with van der Waals surface area (Å²) in [5.74, 6) is -0.741. The predicted molar refractivity (Wildman–Crippen MR) is 103 cm³/mol. The molecule has 10 nitrogen and oxygen atoms in total. The Morgan fingerprint density at radius 2 is 1.86 bits per heavy atom. The zero-order valence-corrected chi connectivity index (χ0v) is 16.2. The highest BCUT2D eigenvalue weighted by molar-refractivity contribution is 5.99. The Kier molecular flexibility index (Phi) is 7.35. The molecule has 0 spiro atoms. The highest BCUT2D eigenvalue weighted by Gasteiger charge is 2.25. The highest BCUT2D eigenvalue weighted by Crippen LogP contribution is 2.34. The third kappa shape index (κ3) is 5.83. The van der Waals surface area contributed by atoms with E-state index in [9.17, 15) is 19.7 Å². The summed E-state index contributed by atoms with van der Waals surface area (Å²) >= 11 is 0. The number of aryl methyl sites for hydroxylation is 1. The van der Waals surface area contributed by atoms with Gasteiger partial charge in [-0.25, -0.2) is 0 Å². The molecule has 0 bridgehead atoms. The van der Waals surface area contributed by atoms with Crippen LogP contribution in [0, 0.1) is 17.0 Å². The maximum absolute atomic E-state index is 12.4. The van der Waals surface area contributed by atoms with Gasteiger partial charge in [0.1, 0.15) is 11.3 Å². The second kappa shape index (κ2) is 9.93. The molecule has 0 atom stereocenters. The van der Waals surface area contributed by atoms with Crippen LogP contribution in [-0.4, -0.2) is 37.1 Å². The third-order valence-corrected chi connectivity index (χ3v) is 3.70. The number of hydrazine groups is 1. The van der Waals surface area contributed by atoms with Crippen molar-refractivity contribution in [3.05, 3.63) is 57.6 Å². The summed E-state index contributed by atoms with van der Waals surface area (Å²) in [6, 6.07) is 9.37. The van der Waals surface area contributed by atoms with Gasteiger partial charge in [0.15, 0.2) is 18.1 Å². The summed E-state index contributed by atoms with van der Waals surface area (Å²) in [6.45, 7) is 3.52. The Labute approximate surface area is 166 Å². The van der Waals surface area contributed by atoms with Gasteiger partial charge in [-0.05, 0) is 31.5 Å². The molecule has 154 valence electrons. The van der Waals surface area contributed by atoms with Crippen LogP contribution in [-0.2, 0) is 4.79 Å². The number of amides is 2. The van der Waals surface area contributed by atoms with Crippen molar-refractivity contribution in [1.29, 1.82) is 0 Å². The molecular weight excluding hydrogens is 382 g/mol. The average molecular weight is 403 g/mol. The fraction of sp³-hybridized carbons (Fsp3) is 0.263. The van der Waals surface area contributed by atoms with Crippen molar-refractivity contribution >= 4 is 17.5 Å². The SMILES string of the molecule is CCOc1cc(C(=O)NNC(=O)COc2cccc(C)c2)c([N+](=O)[O-])cc1OC. The van der Waals surface area contributed by atoms with E-state index in [1.165, 1.54) is 13.2 Å². The molecule has 2 rings (SSSR count). The molecule has 0 heterocycles. The summed E-state index contributed by atoms with van der Waals surface area (Å²) in [6.07, 6.45) is 0. The molecule has 10 heteroatoms. The van der Waals surface area contributed by atoms with Gasteiger partial charge >= 0.3 is 0 Å². The highest BCUT2D eigenvalue weighted by atomic mass is 16.6. The van der Waals surface area contributed by atoms with E-state index < -0.39 is 22.4 Å². The number of hydrogen-bond acceptors (Lipinski definition) is 7. The van der Waals surface area contributed by atoms with Gasteiger partial charge in [0, 0.05) is 6.07 Å². The minimum Gasteiger partial charge on any atom is -0.493 e. The van der Waals surface area contributed by atoms with E-state index in [4.69, 9.17) is 14.2 Å². The van der Waals surface area contributed by atoms with Crippen LogP contribution in [0.2, 0.25) is 0 Å². The first-order valence-corrected chi connectivity index (χ1v) is 8.63. The zero-order chi connectivity index (χ0) is 21.4. The van der Waals surface area contributed by atoms with Crippen LogP contribution < -0.4 is 25.1 Å². The van der Waals surface area contributed by atoms with Crippen LogP contribution in [0.5, 0.6) is 17.2 Å². The molecule has 0 aromatic heterocycles. The summed E-state index contributed by atoms with van der Waals surface area (Å²) in [5, 5.41) is 11.3. The van der Waals surface area contributed by atoms with Crippen LogP contribution in [0.3, 0.4) is 0 Å². The number of methoxy groups -OCH3 is 1. The van der Waals surface area contributed by atoms with Crippen molar-refractivity contribution in [2.75, 3.05) is 20.3 Å². The van der Waals surface area contributed by atoms with E-state index in [-0.39, 0.29) is 30.3 Å². The molecule has 2 amide bonds. The van der Waals surface area contributed by atoms with Crippen molar-refractivity contribution in [2.24, 2.45) is 0 Å². The normalized spacial score (nSPS) is 10.0. The Hall–Kier alpha value is -3.82. The number of rotatable bonds is 8. The van der Waals surface area contributed by atoms with Gasteiger partial charge in [0.2, 0.25) is 0 Å². The van der Waals surface area contributed by atoms with Crippen LogP contribution in [0.25, 0.3) is 0 Å². The van der Waals surface area contributed by atoms with Gasteiger partial charge in [-0.15, -0.1) is 0 Å². The first kappa shape index (κ1) is 21.5. The van der Waals surface area contributed by atoms with Crippen molar-refractivity contribution in [1.82, 2.24) is 10.9 Å². The number of ether oxygens (including phenoxy) is 3. The molecule has 0 aliphatic rings. The van der Waals surface area contributed by atoms with E-state index in [1.807, 2.05) is 13.0 Å². The van der Waals surface area contributed by atoms with E-state index in [0.717, 1.165) is 11.6 Å². The molecule has 0 unspecified atom stereocenters. The van der Waals surface area contributed by atoms with Gasteiger partial charge in [0.05, 0.1) is 24.7 Å². The fourth-order valence-electron chi connectivity index (χ4n) is 2.39. The first-order chi connectivity index (χ1) is 13.8. The Balaban J connectivity index is 2.06. The average Bonchev–Trinajstić information content (AvgIpc) is 2.70. The minimum atomic E-state index is -0.885. The van der Waals surface area contributed by atoms with E-state index in [1.54, 1.807) is 25.1 Å². The summed E-state index contributed by atoms with van der Waals surface area (Å²) < 4.78 is 15.7. The third-order valence-electron chi connectivity index (χ3n) is 3.70. The molecule has 0 saturated heterocycles. The second-order valence-electron chi connectivity index (χ2n) is 5.82. The fourth-order valence-corrected chi connectivity index (χ4v) is 2.39. The van der Waals surface area contributed by atoms with Crippen LogP contribution in [0.1, 0.15) is 22.8 Å². The topological polar surface area (TPSA) is 129 Å². The molecule has 2 aromatic carbocycles. The molecule has 2 N–H and O–H groups in total. The van der Waals surface area contributed by atoms with Crippen molar-refractivity contribution in [3.8, 4) is 17.2 Å². The van der Waals surface area contributed by atoms with Crippen LogP contribution in [0.4, 0.5) is 5.69 Å². The molecule has 0 saturated carbocycles. The standard InChI is InChI=1S/C19H21N3O7/c1-4-28-17-9-14(15(22(25)26)10-16(17)27-3)19(24)21-20-18(23)11-29-13-7-5-6-12(2)8-13/h5-10H,4,11H2,1-3H3,(H,20,23)(H,21,24). The van der Waals surface area contributed by atoms with Crippen molar-refractivity contribution in [3.63, 3.8) is 0 Å². The molecule has 29 heavy (non-hydrogen) atoms. The predicted octanol–water partition coefficient (Wildman–Crippen LogP) is 2.15. The number of hydrogen-bond donors (Lipinski definition) is 2.